The lowest BCUT2D eigenvalue weighted by Crippen LogP contribution is -2.35. The van der Waals surface area contributed by atoms with E-state index in [9.17, 15) is 14.7 Å². The number of anilines is 1. The average Bonchev–Trinajstić information content (AvgIpc) is 3.43. The molecule has 0 atom stereocenters. The topological polar surface area (TPSA) is 83.0 Å². The molecule has 44 heavy (non-hydrogen) atoms. The van der Waals surface area contributed by atoms with E-state index in [0.717, 1.165) is 29.2 Å². The second-order valence-corrected chi connectivity index (χ2v) is 12.1. The Bertz CT molecular complexity index is 1250. The Morgan fingerprint density at radius 1 is 0.886 bits per heavy atom. The molecule has 3 rings (SSSR count). The maximum atomic E-state index is 12.1. The number of hydrogen-bond donors (Lipinski definition) is 1. The van der Waals surface area contributed by atoms with Crippen LogP contribution in [0.25, 0.3) is 11.3 Å². The first-order chi connectivity index (χ1) is 20.2. The zero-order valence-electron chi connectivity index (χ0n) is 26.7. The van der Waals surface area contributed by atoms with Crippen LogP contribution in [-0.2, 0) is 27.4 Å². The van der Waals surface area contributed by atoms with Crippen LogP contribution >= 0.6 is 36.2 Å². The van der Waals surface area contributed by atoms with Gasteiger partial charge in [0.2, 0.25) is 0 Å². The summed E-state index contributed by atoms with van der Waals surface area (Å²) in [6.45, 7) is 12.0. The normalized spacial score (nSPS) is 10.9. The molecule has 0 saturated carbocycles. The van der Waals surface area contributed by atoms with Gasteiger partial charge in [0.1, 0.15) is 5.01 Å². The highest BCUT2D eigenvalue weighted by Gasteiger charge is 2.18. The zero-order chi connectivity index (χ0) is 30.5. The summed E-state index contributed by atoms with van der Waals surface area (Å²) in [6.07, 6.45) is 5.62. The summed E-state index contributed by atoms with van der Waals surface area (Å²) in [4.78, 5) is 32.1. The second-order valence-electron chi connectivity index (χ2n) is 11.2. The van der Waals surface area contributed by atoms with Crippen molar-refractivity contribution in [3.05, 3.63) is 70.0 Å². The summed E-state index contributed by atoms with van der Waals surface area (Å²) in [5.74, 6) is -0.772. The van der Waals surface area contributed by atoms with Gasteiger partial charge in [-0.2, -0.15) is 0 Å². The molecule has 0 bridgehead atoms. The van der Waals surface area contributed by atoms with E-state index in [-0.39, 0.29) is 44.4 Å². The van der Waals surface area contributed by atoms with E-state index in [1.807, 2.05) is 12.3 Å². The number of carbonyl (C=O) groups excluding carboxylic acids is 1. The van der Waals surface area contributed by atoms with Gasteiger partial charge >= 0.3 is 11.9 Å². The third-order valence-electron chi connectivity index (χ3n) is 7.29. The number of aromatic nitrogens is 1. The van der Waals surface area contributed by atoms with Crippen LogP contribution in [0.15, 0.2) is 53.9 Å². The van der Waals surface area contributed by atoms with Gasteiger partial charge in [0.25, 0.3) is 0 Å². The lowest BCUT2D eigenvalue weighted by molar-refractivity contribution is -0.146. The molecule has 2 aromatic carbocycles. The molecular weight excluding hydrogens is 617 g/mol. The van der Waals surface area contributed by atoms with Gasteiger partial charge in [-0.15, -0.1) is 36.2 Å². The third-order valence-corrected chi connectivity index (χ3v) is 8.12. The maximum Gasteiger partial charge on any atom is 0.320 e. The molecular formula is C34H49Cl2N3O4S. The van der Waals surface area contributed by atoms with Crippen LogP contribution in [0, 0.1) is 0 Å². The number of hydrogen-bond acceptors (Lipinski definition) is 7. The van der Waals surface area contributed by atoms with Crippen molar-refractivity contribution < 1.29 is 19.4 Å². The fourth-order valence-electron chi connectivity index (χ4n) is 5.17. The Balaban J connectivity index is 0.00000484. The van der Waals surface area contributed by atoms with Crippen molar-refractivity contribution in [2.24, 2.45) is 0 Å². The average molecular weight is 667 g/mol. The number of carboxylic acid groups (broad SMARTS) is 1. The molecule has 0 radical (unpaired) electrons. The number of rotatable bonds is 18. The van der Waals surface area contributed by atoms with Crippen LogP contribution in [0.3, 0.4) is 0 Å². The fourth-order valence-corrected chi connectivity index (χ4v) is 6.02. The molecule has 0 fully saturated rings. The first-order valence-corrected chi connectivity index (χ1v) is 16.1. The van der Waals surface area contributed by atoms with Crippen LogP contribution < -0.4 is 4.90 Å². The molecule has 1 aromatic heterocycles. The van der Waals surface area contributed by atoms with E-state index in [2.05, 4.69) is 81.1 Å². The van der Waals surface area contributed by atoms with Gasteiger partial charge in [-0.1, -0.05) is 70.0 Å². The highest BCUT2D eigenvalue weighted by Crippen LogP contribution is 2.30. The Kier molecular flexibility index (Phi) is 18.2. The third kappa shape index (κ3) is 12.4. The summed E-state index contributed by atoms with van der Waals surface area (Å²) in [5, 5.41) is 12.0. The number of carbonyl (C=O) groups is 2. The van der Waals surface area contributed by atoms with E-state index in [1.54, 1.807) is 4.90 Å². The van der Waals surface area contributed by atoms with E-state index in [1.165, 1.54) is 53.8 Å². The Morgan fingerprint density at radius 2 is 1.52 bits per heavy atom. The van der Waals surface area contributed by atoms with Gasteiger partial charge in [-0.3, -0.25) is 14.5 Å². The van der Waals surface area contributed by atoms with E-state index in [4.69, 9.17) is 9.72 Å². The summed E-state index contributed by atoms with van der Waals surface area (Å²) in [5.41, 5.74) is 5.75. The minimum Gasteiger partial charge on any atom is -0.480 e. The van der Waals surface area contributed by atoms with Crippen molar-refractivity contribution in [2.45, 2.75) is 91.8 Å². The molecule has 0 aliphatic heterocycles. The van der Waals surface area contributed by atoms with Crippen LogP contribution in [-0.4, -0.2) is 52.7 Å². The standard InChI is InChI=1S/C34H47N3O4S.2ClH/c1-6-9-27(10-7-2)28-15-17-30(18-16-28)37(25(4)5)20-26-11-13-29(14-12-26)31-24-42-32(35-31)21-36(22-33(38)39)23-34(40)41-19-8-3;;/h11-18,24-25,27H,6-10,19-23H2,1-5H3,(H,38,39);2*1H. The number of nitrogens with zero attached hydrogens (tertiary/aromatic N) is 3. The first-order valence-electron chi connectivity index (χ1n) is 15.2. The number of halogens is 2. The first kappa shape index (κ1) is 39.4. The molecule has 7 nitrogen and oxygen atoms in total. The van der Waals surface area contributed by atoms with Gasteiger partial charge in [-0.25, -0.2) is 4.98 Å². The summed E-state index contributed by atoms with van der Waals surface area (Å²) >= 11 is 1.46. The fraction of sp³-hybridized carbons (Fsp3) is 0.500. The molecule has 1 N–H and O–H groups in total. The minimum absolute atomic E-state index is 0. The van der Waals surface area contributed by atoms with Crippen molar-refractivity contribution in [2.75, 3.05) is 24.6 Å². The molecule has 10 heteroatoms. The number of thiazole rings is 1. The molecule has 0 unspecified atom stereocenters. The van der Waals surface area contributed by atoms with Crippen molar-refractivity contribution in [3.8, 4) is 11.3 Å². The number of esters is 1. The molecule has 244 valence electrons. The molecule has 0 aliphatic carbocycles. The van der Waals surface area contributed by atoms with Crippen molar-refractivity contribution >= 4 is 53.8 Å². The summed E-state index contributed by atoms with van der Waals surface area (Å²) in [7, 11) is 0. The molecule has 0 amide bonds. The lowest BCUT2D eigenvalue weighted by Gasteiger charge is -2.30. The van der Waals surface area contributed by atoms with Gasteiger partial charge in [0.05, 0.1) is 31.9 Å². The minimum atomic E-state index is -0.991. The maximum absolute atomic E-state index is 12.1. The van der Waals surface area contributed by atoms with Gasteiger partial charge in [-0.05, 0) is 62.3 Å². The van der Waals surface area contributed by atoms with Gasteiger partial charge in [0, 0.05) is 29.2 Å². The SMILES string of the molecule is CCCOC(=O)CN(CC(=O)O)Cc1nc(-c2ccc(CN(c3ccc(C(CCC)CCC)cc3)C(C)C)cc2)cs1.Cl.Cl. The predicted octanol–water partition coefficient (Wildman–Crippen LogP) is 8.59. The smallest absolute Gasteiger partial charge is 0.320 e. The summed E-state index contributed by atoms with van der Waals surface area (Å²) in [6, 6.07) is 18.0. The highest BCUT2D eigenvalue weighted by molar-refractivity contribution is 7.09. The Morgan fingerprint density at radius 3 is 2.07 bits per heavy atom. The van der Waals surface area contributed by atoms with Crippen LogP contribution in [0.2, 0.25) is 0 Å². The van der Waals surface area contributed by atoms with Crippen LogP contribution in [0.4, 0.5) is 5.69 Å². The van der Waals surface area contributed by atoms with Crippen LogP contribution in [0.1, 0.15) is 88.8 Å². The molecule has 0 aliphatic rings. The Labute approximate surface area is 279 Å². The van der Waals surface area contributed by atoms with Crippen LogP contribution in [0.5, 0.6) is 0 Å². The molecule has 1 heterocycles. The quantitative estimate of drug-likeness (QED) is 0.136. The van der Waals surface area contributed by atoms with Gasteiger partial charge in [0.15, 0.2) is 0 Å². The van der Waals surface area contributed by atoms with Gasteiger partial charge < -0.3 is 14.7 Å². The van der Waals surface area contributed by atoms with Crippen molar-refractivity contribution in [1.82, 2.24) is 9.88 Å². The zero-order valence-corrected chi connectivity index (χ0v) is 29.1. The van der Waals surface area contributed by atoms with E-state index >= 15 is 0 Å². The molecule has 0 spiro atoms. The highest BCUT2D eigenvalue weighted by atomic mass is 35.5. The monoisotopic (exact) mass is 665 g/mol. The van der Waals surface area contributed by atoms with E-state index < -0.39 is 11.9 Å². The summed E-state index contributed by atoms with van der Waals surface area (Å²) < 4.78 is 5.14. The number of benzene rings is 2. The van der Waals surface area contributed by atoms with Crippen molar-refractivity contribution in [3.63, 3.8) is 0 Å². The number of aliphatic carboxylic acids is 1. The largest absolute Gasteiger partial charge is 0.480 e. The molecule has 0 saturated heterocycles. The lowest BCUT2D eigenvalue weighted by atomic mass is 9.90. The Hall–Kier alpha value is -2.65. The van der Waals surface area contributed by atoms with Crippen molar-refractivity contribution in [1.29, 1.82) is 0 Å². The molecule has 3 aromatic rings. The van der Waals surface area contributed by atoms with E-state index in [0.29, 0.717) is 18.6 Å². The second kappa shape index (κ2) is 20.4. The number of carboxylic acids is 1. The number of ether oxygens (including phenoxy) is 1. The predicted molar refractivity (Wildman–Crippen MR) is 187 cm³/mol.